The average molecular weight is 392 g/mol. The fourth-order valence-electron chi connectivity index (χ4n) is 3.85. The second kappa shape index (κ2) is 7.62. The van der Waals surface area contributed by atoms with Gasteiger partial charge in [-0.2, -0.15) is 0 Å². The zero-order valence-corrected chi connectivity index (χ0v) is 17.1. The molecule has 0 atom stereocenters. The Labute approximate surface area is 170 Å². The Balaban J connectivity index is 1.98. The summed E-state index contributed by atoms with van der Waals surface area (Å²) in [6.07, 6.45) is 4.34. The van der Waals surface area contributed by atoms with E-state index in [9.17, 15) is 4.79 Å². The number of fused-ring (bicyclic) bond motifs is 3. The van der Waals surface area contributed by atoms with Gasteiger partial charge in [-0.1, -0.05) is 6.07 Å². The molecule has 1 aromatic carbocycles. The third kappa shape index (κ3) is 3.35. The highest BCUT2D eigenvalue weighted by Crippen LogP contribution is 2.44. The molecule has 4 rings (SSSR count). The number of benzene rings is 1. The van der Waals surface area contributed by atoms with E-state index in [1.165, 1.54) is 7.11 Å². The molecule has 0 aliphatic carbocycles. The Bertz CT molecular complexity index is 1050. The van der Waals surface area contributed by atoms with Crippen molar-refractivity contribution in [3.05, 3.63) is 54.0 Å². The fraction of sp³-hybridized carbons (Fsp3) is 0.304. The molecular formula is C23H24N2O4. The van der Waals surface area contributed by atoms with Crippen molar-refractivity contribution in [1.82, 2.24) is 9.55 Å². The van der Waals surface area contributed by atoms with Crippen molar-refractivity contribution < 1.29 is 19.0 Å². The number of aromatic nitrogens is 2. The molecule has 3 aromatic rings. The van der Waals surface area contributed by atoms with Crippen molar-refractivity contribution in [2.45, 2.75) is 32.9 Å². The van der Waals surface area contributed by atoms with Crippen LogP contribution in [0.4, 0.5) is 0 Å². The maximum absolute atomic E-state index is 12.5. The number of hydrogen-bond donors (Lipinski definition) is 0. The minimum Gasteiger partial charge on any atom is -0.493 e. The molecule has 150 valence electrons. The SMILES string of the molecule is COC(=O)c1cc(-c2cccnc2)c2n1CCc1cc(OC)c(OC(C)C)cc1-2. The van der Waals surface area contributed by atoms with Crippen LogP contribution in [0.3, 0.4) is 0 Å². The number of esters is 1. The van der Waals surface area contributed by atoms with Gasteiger partial charge in [-0.05, 0) is 50.1 Å². The normalized spacial score (nSPS) is 12.3. The predicted octanol–water partition coefficient (Wildman–Crippen LogP) is 4.36. The Morgan fingerprint density at radius 1 is 1.14 bits per heavy atom. The fourth-order valence-corrected chi connectivity index (χ4v) is 3.85. The summed E-state index contributed by atoms with van der Waals surface area (Å²) in [7, 11) is 3.05. The molecule has 0 fully saturated rings. The third-order valence-electron chi connectivity index (χ3n) is 5.08. The number of nitrogens with zero attached hydrogens (tertiary/aromatic N) is 2. The molecule has 29 heavy (non-hydrogen) atoms. The number of carbonyl (C=O) groups is 1. The summed E-state index contributed by atoms with van der Waals surface area (Å²) in [5.41, 5.74) is 5.58. The molecule has 0 radical (unpaired) electrons. The Morgan fingerprint density at radius 3 is 2.62 bits per heavy atom. The van der Waals surface area contributed by atoms with Crippen molar-refractivity contribution in [2.75, 3.05) is 14.2 Å². The smallest absolute Gasteiger partial charge is 0.354 e. The van der Waals surface area contributed by atoms with E-state index < -0.39 is 0 Å². The Hall–Kier alpha value is -3.28. The summed E-state index contributed by atoms with van der Waals surface area (Å²) in [6.45, 7) is 4.65. The van der Waals surface area contributed by atoms with E-state index in [0.717, 1.165) is 34.4 Å². The molecule has 3 heterocycles. The predicted molar refractivity (Wildman–Crippen MR) is 110 cm³/mol. The molecule has 0 spiro atoms. The van der Waals surface area contributed by atoms with E-state index in [4.69, 9.17) is 14.2 Å². The van der Waals surface area contributed by atoms with E-state index >= 15 is 0 Å². The highest BCUT2D eigenvalue weighted by Gasteiger charge is 2.28. The van der Waals surface area contributed by atoms with Crippen molar-refractivity contribution in [2.24, 2.45) is 0 Å². The van der Waals surface area contributed by atoms with E-state index in [1.807, 2.05) is 48.7 Å². The van der Waals surface area contributed by atoms with Crippen molar-refractivity contribution in [1.29, 1.82) is 0 Å². The minimum absolute atomic E-state index is 0.0146. The molecule has 1 aliphatic heterocycles. The number of aryl methyl sites for hydroxylation is 1. The molecule has 0 unspecified atom stereocenters. The van der Waals surface area contributed by atoms with Gasteiger partial charge in [-0.15, -0.1) is 0 Å². The van der Waals surface area contributed by atoms with Crippen molar-refractivity contribution >= 4 is 5.97 Å². The van der Waals surface area contributed by atoms with Gasteiger partial charge < -0.3 is 18.8 Å². The first-order valence-electron chi connectivity index (χ1n) is 9.63. The molecule has 6 nitrogen and oxygen atoms in total. The maximum Gasteiger partial charge on any atom is 0.354 e. The first-order chi connectivity index (χ1) is 14.0. The van der Waals surface area contributed by atoms with Crippen LogP contribution < -0.4 is 9.47 Å². The van der Waals surface area contributed by atoms with Crippen LogP contribution in [-0.4, -0.2) is 35.8 Å². The molecule has 2 aromatic heterocycles. The number of hydrogen-bond acceptors (Lipinski definition) is 5. The first-order valence-corrected chi connectivity index (χ1v) is 9.63. The summed E-state index contributed by atoms with van der Waals surface area (Å²) in [4.78, 5) is 16.7. The lowest BCUT2D eigenvalue weighted by molar-refractivity contribution is 0.0588. The third-order valence-corrected chi connectivity index (χ3v) is 5.08. The first kappa shape index (κ1) is 19.1. The van der Waals surface area contributed by atoms with Gasteiger partial charge in [-0.3, -0.25) is 4.98 Å². The van der Waals surface area contributed by atoms with Gasteiger partial charge in [0, 0.05) is 35.6 Å². The molecule has 1 aliphatic rings. The number of carbonyl (C=O) groups excluding carboxylic acids is 1. The molecular weight excluding hydrogens is 368 g/mol. The number of pyridine rings is 1. The molecule has 0 saturated heterocycles. The van der Waals surface area contributed by atoms with Crippen molar-refractivity contribution in [3.63, 3.8) is 0 Å². The molecule has 0 N–H and O–H groups in total. The van der Waals surface area contributed by atoms with E-state index in [2.05, 4.69) is 4.98 Å². The summed E-state index contributed by atoms with van der Waals surface area (Å²) < 4.78 is 18.6. The van der Waals surface area contributed by atoms with Gasteiger partial charge in [0.25, 0.3) is 0 Å². The highest BCUT2D eigenvalue weighted by atomic mass is 16.5. The van der Waals surface area contributed by atoms with Crippen LogP contribution in [0.2, 0.25) is 0 Å². The summed E-state index contributed by atoms with van der Waals surface area (Å²) in [5.74, 6) is 1.05. The number of methoxy groups -OCH3 is 2. The quantitative estimate of drug-likeness (QED) is 0.604. The second-order valence-corrected chi connectivity index (χ2v) is 7.25. The van der Waals surface area contributed by atoms with Gasteiger partial charge in [0.15, 0.2) is 11.5 Å². The summed E-state index contributed by atoms with van der Waals surface area (Å²) >= 11 is 0. The monoisotopic (exact) mass is 392 g/mol. The van der Waals surface area contributed by atoms with E-state index in [-0.39, 0.29) is 12.1 Å². The lowest BCUT2D eigenvalue weighted by Gasteiger charge is -2.24. The minimum atomic E-state index is -0.350. The van der Waals surface area contributed by atoms with Crippen molar-refractivity contribution in [3.8, 4) is 33.9 Å². The molecule has 6 heteroatoms. The summed E-state index contributed by atoms with van der Waals surface area (Å²) in [5, 5.41) is 0. The lowest BCUT2D eigenvalue weighted by Crippen LogP contribution is -2.17. The standard InChI is InChI=1S/C23H24N2O4/c1-14(2)29-21-12-18-15(10-20(21)27-3)7-9-25-19(23(26)28-4)11-17(22(18)25)16-6-5-8-24-13-16/h5-6,8,10-14H,7,9H2,1-4H3. The van der Waals surface area contributed by atoms with Gasteiger partial charge >= 0.3 is 5.97 Å². The Morgan fingerprint density at radius 2 is 1.97 bits per heavy atom. The van der Waals surface area contributed by atoms with Gasteiger partial charge in [0.2, 0.25) is 0 Å². The Kier molecular flexibility index (Phi) is 5.01. The number of ether oxygens (including phenoxy) is 3. The van der Waals surface area contributed by atoms with Crippen LogP contribution in [0, 0.1) is 0 Å². The van der Waals surface area contributed by atoms with Crippen LogP contribution >= 0.6 is 0 Å². The lowest BCUT2D eigenvalue weighted by atomic mass is 9.94. The molecule has 0 bridgehead atoms. The van der Waals surface area contributed by atoms with E-state index in [0.29, 0.717) is 23.7 Å². The van der Waals surface area contributed by atoms with Gasteiger partial charge in [0.05, 0.1) is 26.0 Å². The highest BCUT2D eigenvalue weighted by molar-refractivity contribution is 5.95. The van der Waals surface area contributed by atoms with Gasteiger partial charge in [0.1, 0.15) is 5.69 Å². The maximum atomic E-state index is 12.5. The van der Waals surface area contributed by atoms with E-state index in [1.54, 1.807) is 19.5 Å². The summed E-state index contributed by atoms with van der Waals surface area (Å²) in [6, 6.07) is 9.82. The van der Waals surface area contributed by atoms with Crippen LogP contribution in [0.1, 0.15) is 29.9 Å². The van der Waals surface area contributed by atoms with Gasteiger partial charge in [-0.25, -0.2) is 4.79 Å². The zero-order valence-electron chi connectivity index (χ0n) is 17.1. The van der Waals surface area contributed by atoms with Crippen LogP contribution in [-0.2, 0) is 17.7 Å². The van der Waals surface area contributed by atoms with Crippen LogP contribution in [0.5, 0.6) is 11.5 Å². The number of rotatable bonds is 5. The molecule has 0 amide bonds. The van der Waals surface area contributed by atoms with Crippen LogP contribution in [0.25, 0.3) is 22.4 Å². The van der Waals surface area contributed by atoms with Crippen LogP contribution in [0.15, 0.2) is 42.7 Å². The molecule has 0 saturated carbocycles. The topological polar surface area (TPSA) is 62.6 Å². The second-order valence-electron chi connectivity index (χ2n) is 7.25. The largest absolute Gasteiger partial charge is 0.493 e. The zero-order chi connectivity index (χ0) is 20.5. The average Bonchev–Trinajstić information content (AvgIpc) is 3.13.